The third-order valence-corrected chi connectivity index (χ3v) is 0. The molecule has 1 radical (unpaired) electrons. The van der Waals surface area contributed by atoms with Crippen molar-refractivity contribution in [1.82, 2.24) is 0 Å². The largest absolute Gasteiger partial charge is 0.187 e. The summed E-state index contributed by atoms with van der Waals surface area (Å²) in [4.78, 5) is 0. The van der Waals surface area contributed by atoms with Gasteiger partial charge in [-0.3, -0.25) is 0 Å². The number of hydrogen-bond acceptors (Lipinski definition) is 0. The quantitative estimate of drug-likeness (QED) is 0.552. The van der Waals surface area contributed by atoms with Gasteiger partial charge in [-0.05, 0) is 0 Å². The van der Waals surface area contributed by atoms with Gasteiger partial charge in [0.1, 0.15) is 0 Å². The second-order valence-electron chi connectivity index (χ2n) is 0. The van der Waals surface area contributed by atoms with Crippen molar-refractivity contribution >= 4 is 17.4 Å². The predicted molar refractivity (Wildman–Crippen MR) is 23.4 cm³/mol. The summed E-state index contributed by atoms with van der Waals surface area (Å²) in [6, 6.07) is 0. The molecular weight excluding hydrogens is 319 g/mol. The van der Waals surface area contributed by atoms with Gasteiger partial charge in [-0.2, -0.15) is 0 Å². The zero-order chi connectivity index (χ0) is 0. The first-order valence-electron chi connectivity index (χ1n) is 0. The summed E-state index contributed by atoms with van der Waals surface area (Å²) in [6.07, 6.45) is 0. The van der Waals surface area contributed by atoms with E-state index in [9.17, 15) is 0 Å². The third-order valence-electron chi connectivity index (χ3n) is 0. The summed E-state index contributed by atoms with van der Waals surface area (Å²) >= 11 is 0. The molecule has 0 atom stereocenters. The van der Waals surface area contributed by atoms with E-state index >= 15 is 0 Å². The molecule has 0 nitrogen and oxygen atoms in total. The topological polar surface area (TPSA) is 0 Å². The average molecular weight is 330 g/mol. The van der Waals surface area contributed by atoms with E-state index in [1.165, 1.54) is 0 Å². The number of rotatable bonds is 0. The predicted octanol–water partition coefficient (Wildman–Crippen LogP) is 0.0808. The molecule has 0 spiro atoms. The van der Waals surface area contributed by atoms with Crippen molar-refractivity contribution in [3.8, 4) is 0 Å². The van der Waals surface area contributed by atoms with Gasteiger partial charge in [-0.25, -0.2) is 0 Å². The summed E-state index contributed by atoms with van der Waals surface area (Å²) in [5.74, 6) is 0. The molecule has 4 heteroatoms. The van der Waals surface area contributed by atoms with Crippen molar-refractivity contribution in [3.05, 3.63) is 0 Å². The first kappa shape index (κ1) is 83.2. The Hall–Kier alpha value is 2.31. The normalized spacial score (nSPS) is 0. The van der Waals surface area contributed by atoms with Crippen LogP contribution in [0.2, 0.25) is 0 Å². The van der Waals surface area contributed by atoms with Crippen molar-refractivity contribution in [1.29, 1.82) is 0 Å². The molecule has 0 heterocycles. The van der Waals surface area contributed by atoms with Gasteiger partial charge in [-0.1, -0.05) is 14.9 Å². The fraction of sp³-hybridized carbons (Fsp3) is 1.00. The van der Waals surface area contributed by atoms with E-state index in [1.807, 2.05) is 0 Å². The zero-order valence-corrected chi connectivity index (χ0v) is 5.15. The van der Waals surface area contributed by atoms with Gasteiger partial charge in [0.05, 0.1) is 0 Å². The van der Waals surface area contributed by atoms with Crippen LogP contribution in [0, 0.1) is 0 Å². The van der Waals surface area contributed by atoms with Crippen LogP contribution in [0.25, 0.3) is 0 Å². The molecule has 0 saturated carbocycles. The Morgan fingerprint density at radius 3 is 0.833 bits per heavy atom. The second-order valence-corrected chi connectivity index (χ2v) is 0. The summed E-state index contributed by atoms with van der Waals surface area (Å²) in [6.45, 7) is 0. The molecule has 0 amide bonds. The number of hydrogen-bond donors (Lipinski definition) is 0. The summed E-state index contributed by atoms with van der Waals surface area (Å²) in [7, 11) is 0. The van der Waals surface area contributed by atoms with Crippen molar-refractivity contribution in [3.63, 3.8) is 0 Å². The Bertz CT molecular complexity index is 13.5. The van der Waals surface area contributed by atoms with Crippen LogP contribution in [0.15, 0.2) is 0 Å². The Balaban J connectivity index is 0. The molecule has 0 fully saturated rings. The third kappa shape index (κ3) is 33.3. The monoisotopic (exact) mass is 329 g/mol. The van der Waals surface area contributed by atoms with Crippen LogP contribution in [-0.2, 0) is 56.4 Å². The minimum Gasteiger partial charge on any atom is -0.0776 e. The smallest absolute Gasteiger partial charge is 0.0776 e. The molecule has 51 valence electrons. The standard InChI is InChI=1S/2CH4.Al.Ni.Pd.Rh.3H/h2*1H4;;;;;;;. The Morgan fingerprint density at radius 2 is 0.833 bits per heavy atom. The van der Waals surface area contributed by atoms with Crippen LogP contribution in [-0.4, -0.2) is 17.4 Å². The molecule has 0 aromatic carbocycles. The van der Waals surface area contributed by atoms with Crippen LogP contribution < -0.4 is 0 Å². The average Bonchev–Trinajstić information content (AvgIpc) is 0. The Morgan fingerprint density at radius 1 is 0.833 bits per heavy atom. The van der Waals surface area contributed by atoms with E-state index in [2.05, 4.69) is 0 Å². The molecule has 0 aromatic heterocycles. The van der Waals surface area contributed by atoms with Crippen molar-refractivity contribution < 1.29 is 56.4 Å². The fourth-order valence-corrected chi connectivity index (χ4v) is 0. The summed E-state index contributed by atoms with van der Waals surface area (Å²) in [5.41, 5.74) is 0. The maximum Gasteiger partial charge on any atom is 0.187 e. The SMILES string of the molecule is C.C.[AlH3].[Ni].[Pd].[Rh]. The molecule has 0 bridgehead atoms. The molecule has 0 aliphatic carbocycles. The maximum atomic E-state index is 0. The first-order valence-corrected chi connectivity index (χ1v) is 0. The van der Waals surface area contributed by atoms with Gasteiger partial charge >= 0.3 is 0 Å². The molecule has 0 aromatic rings. The van der Waals surface area contributed by atoms with Crippen LogP contribution >= 0.6 is 0 Å². The second kappa shape index (κ2) is 54.5. The van der Waals surface area contributed by atoms with E-state index in [1.54, 1.807) is 0 Å². The van der Waals surface area contributed by atoms with E-state index in [4.69, 9.17) is 0 Å². The zero-order valence-electron chi connectivity index (χ0n) is 0.966. The molecule has 0 aliphatic heterocycles. The minimum absolute atomic E-state index is 0. The van der Waals surface area contributed by atoms with Crippen LogP contribution in [0.5, 0.6) is 0 Å². The molecule has 0 saturated heterocycles. The molecule has 0 rings (SSSR count). The van der Waals surface area contributed by atoms with Crippen LogP contribution in [0.4, 0.5) is 0 Å². The molecule has 0 unspecified atom stereocenters. The fourth-order valence-electron chi connectivity index (χ4n) is 0. The molecule has 0 N–H and O–H groups in total. The summed E-state index contributed by atoms with van der Waals surface area (Å²) in [5, 5.41) is 0. The van der Waals surface area contributed by atoms with Crippen molar-refractivity contribution in [2.24, 2.45) is 0 Å². The van der Waals surface area contributed by atoms with E-state index in [-0.39, 0.29) is 88.6 Å². The van der Waals surface area contributed by atoms with Crippen LogP contribution in [0.3, 0.4) is 0 Å². The van der Waals surface area contributed by atoms with E-state index < -0.39 is 0 Å². The van der Waals surface area contributed by atoms with Gasteiger partial charge in [0.2, 0.25) is 0 Å². The summed E-state index contributed by atoms with van der Waals surface area (Å²) < 4.78 is 0. The van der Waals surface area contributed by atoms with Crippen molar-refractivity contribution in [2.75, 3.05) is 0 Å². The van der Waals surface area contributed by atoms with Crippen LogP contribution in [0.1, 0.15) is 14.9 Å². The van der Waals surface area contributed by atoms with E-state index in [0.717, 1.165) is 0 Å². The Kier molecular flexibility index (Phi) is 755. The molecular formula is C2H11AlNiPdRh. The van der Waals surface area contributed by atoms with Gasteiger partial charge in [-0.15, -0.1) is 0 Å². The van der Waals surface area contributed by atoms with Gasteiger partial charge in [0.25, 0.3) is 0 Å². The molecule has 6 heavy (non-hydrogen) atoms. The van der Waals surface area contributed by atoms with Gasteiger partial charge in [0, 0.05) is 56.4 Å². The van der Waals surface area contributed by atoms with E-state index in [0.29, 0.717) is 0 Å². The Labute approximate surface area is 87.7 Å². The minimum atomic E-state index is 0. The van der Waals surface area contributed by atoms with Crippen molar-refractivity contribution in [2.45, 2.75) is 14.9 Å². The maximum absolute atomic E-state index is 0. The van der Waals surface area contributed by atoms with Gasteiger partial charge in [0.15, 0.2) is 17.4 Å². The first-order chi connectivity index (χ1) is 0. The van der Waals surface area contributed by atoms with Gasteiger partial charge < -0.3 is 0 Å². The molecule has 0 aliphatic rings.